The van der Waals surface area contributed by atoms with E-state index in [0.717, 1.165) is 103 Å². The monoisotopic (exact) mass is 1050 g/mol. The van der Waals surface area contributed by atoms with Gasteiger partial charge in [0.1, 0.15) is 12.7 Å². The molecule has 418 valence electrons. The van der Waals surface area contributed by atoms with Crippen molar-refractivity contribution in [3.05, 3.63) is 134 Å². The lowest BCUT2D eigenvalue weighted by molar-refractivity contribution is -0.161. The van der Waals surface area contributed by atoms with Crippen LogP contribution in [0.4, 0.5) is 0 Å². The van der Waals surface area contributed by atoms with E-state index in [9.17, 15) is 28.9 Å². The fourth-order valence-electron chi connectivity index (χ4n) is 6.85. The molecule has 3 atom stereocenters. The van der Waals surface area contributed by atoms with Gasteiger partial charge in [-0.2, -0.15) is 0 Å². The van der Waals surface area contributed by atoms with Crippen LogP contribution < -0.4 is 0 Å². The summed E-state index contributed by atoms with van der Waals surface area (Å²) in [4.78, 5) is 48.4. The number of hydrogen-bond acceptors (Lipinski definition) is 10. The number of carbonyl (C=O) groups is 3. The molecule has 0 heterocycles. The van der Waals surface area contributed by atoms with Crippen LogP contribution in [-0.4, -0.2) is 66.5 Å². The SMILES string of the molecule is CC/C=C\C/C=C\C/C=C\C/C=C\C/C=C\CCCC(=O)OCC(COP(=O)(O)OCC(CO)OC(=O)CC/C=C\C/C=C\C/C=C\C/C=C\CC)OC(=O)CCCCCCCCC/C=C\C/C=C\CCCCC. The molecule has 0 amide bonds. The molecule has 74 heavy (non-hydrogen) atoms. The summed E-state index contributed by atoms with van der Waals surface area (Å²) in [6.07, 6.45) is 68.6. The molecule has 0 aliphatic heterocycles. The van der Waals surface area contributed by atoms with Gasteiger partial charge in [0.15, 0.2) is 6.10 Å². The fraction of sp³-hybridized carbons (Fsp3) is 0.597. The number of esters is 3. The van der Waals surface area contributed by atoms with Gasteiger partial charge in [0.25, 0.3) is 0 Å². The third kappa shape index (κ3) is 52.5. The van der Waals surface area contributed by atoms with Crippen LogP contribution in [0, 0.1) is 0 Å². The fourth-order valence-corrected chi connectivity index (χ4v) is 7.63. The molecule has 12 heteroatoms. The molecule has 11 nitrogen and oxygen atoms in total. The molecule has 0 saturated carbocycles. The average Bonchev–Trinajstić information content (AvgIpc) is 3.39. The molecule has 0 aromatic rings. The van der Waals surface area contributed by atoms with Crippen molar-refractivity contribution in [2.45, 2.75) is 213 Å². The summed E-state index contributed by atoms with van der Waals surface area (Å²) in [5.41, 5.74) is 0. The van der Waals surface area contributed by atoms with Crippen LogP contribution in [0.5, 0.6) is 0 Å². The van der Waals surface area contributed by atoms with E-state index in [1.165, 1.54) is 32.1 Å². The molecule has 0 saturated heterocycles. The summed E-state index contributed by atoms with van der Waals surface area (Å²) in [5.74, 6) is -1.65. The van der Waals surface area contributed by atoms with Crippen molar-refractivity contribution in [1.82, 2.24) is 0 Å². The highest BCUT2D eigenvalue weighted by Gasteiger charge is 2.28. The molecule has 0 aliphatic carbocycles. The van der Waals surface area contributed by atoms with Gasteiger partial charge in [-0.15, -0.1) is 0 Å². The Morgan fingerprint density at radius 2 is 0.743 bits per heavy atom. The van der Waals surface area contributed by atoms with Gasteiger partial charge >= 0.3 is 25.7 Å². The first kappa shape index (κ1) is 69.6. The number of hydrogen-bond donors (Lipinski definition) is 2. The van der Waals surface area contributed by atoms with Gasteiger partial charge in [0.05, 0.1) is 19.8 Å². The van der Waals surface area contributed by atoms with Crippen molar-refractivity contribution < 1.29 is 52.2 Å². The van der Waals surface area contributed by atoms with Gasteiger partial charge in [-0.3, -0.25) is 23.4 Å². The number of phosphoric ester groups is 1. The lowest BCUT2D eigenvalue weighted by Crippen LogP contribution is -2.30. The molecule has 0 spiro atoms. The van der Waals surface area contributed by atoms with E-state index in [1.807, 2.05) is 24.3 Å². The van der Waals surface area contributed by atoms with Crippen LogP contribution >= 0.6 is 7.82 Å². The van der Waals surface area contributed by atoms with Crippen LogP contribution in [0.2, 0.25) is 0 Å². The van der Waals surface area contributed by atoms with E-state index in [2.05, 4.69) is 130 Å². The number of ether oxygens (including phenoxy) is 3. The number of rotatable bonds is 50. The summed E-state index contributed by atoms with van der Waals surface area (Å²) in [6, 6.07) is 0. The Morgan fingerprint density at radius 3 is 1.20 bits per heavy atom. The molecular formula is C62H99O11P. The topological polar surface area (TPSA) is 155 Å². The second-order valence-corrected chi connectivity index (χ2v) is 19.4. The lowest BCUT2D eigenvalue weighted by atomic mass is 10.1. The normalized spacial score (nSPS) is 14.4. The second-order valence-electron chi connectivity index (χ2n) is 18.0. The van der Waals surface area contributed by atoms with Crippen molar-refractivity contribution in [2.75, 3.05) is 26.4 Å². The molecule has 0 radical (unpaired) electrons. The van der Waals surface area contributed by atoms with Crippen molar-refractivity contribution in [2.24, 2.45) is 0 Å². The van der Waals surface area contributed by atoms with Gasteiger partial charge in [0, 0.05) is 19.3 Å². The predicted molar refractivity (Wildman–Crippen MR) is 306 cm³/mol. The van der Waals surface area contributed by atoms with Gasteiger partial charge < -0.3 is 24.2 Å². The minimum atomic E-state index is -4.79. The summed E-state index contributed by atoms with van der Waals surface area (Å²) in [5, 5.41) is 9.78. The van der Waals surface area contributed by atoms with E-state index in [4.69, 9.17) is 23.3 Å². The number of aliphatic hydroxyl groups excluding tert-OH is 1. The Bertz CT molecular complexity index is 1750. The van der Waals surface area contributed by atoms with Crippen LogP contribution in [0.3, 0.4) is 0 Å². The first-order chi connectivity index (χ1) is 36.2. The van der Waals surface area contributed by atoms with Gasteiger partial charge in [-0.05, 0) is 116 Å². The highest BCUT2D eigenvalue weighted by molar-refractivity contribution is 7.47. The number of aliphatic hydroxyl groups is 1. The van der Waals surface area contributed by atoms with Gasteiger partial charge in [-0.25, -0.2) is 4.57 Å². The maximum atomic E-state index is 12.9. The number of allylic oxidation sites excluding steroid dienone is 22. The van der Waals surface area contributed by atoms with Crippen LogP contribution in [-0.2, 0) is 42.2 Å². The quantitative estimate of drug-likeness (QED) is 0.0197. The number of phosphoric acid groups is 1. The Morgan fingerprint density at radius 1 is 0.392 bits per heavy atom. The molecule has 2 N–H and O–H groups in total. The highest BCUT2D eigenvalue weighted by atomic mass is 31.2. The Balaban J connectivity index is 4.91. The highest BCUT2D eigenvalue weighted by Crippen LogP contribution is 2.43. The largest absolute Gasteiger partial charge is 0.472 e. The van der Waals surface area contributed by atoms with E-state index in [0.29, 0.717) is 25.7 Å². The molecule has 0 aromatic heterocycles. The van der Waals surface area contributed by atoms with Crippen molar-refractivity contribution in [3.63, 3.8) is 0 Å². The third-order valence-corrected chi connectivity index (χ3v) is 12.0. The minimum Gasteiger partial charge on any atom is -0.462 e. The molecule has 0 bridgehead atoms. The first-order valence-corrected chi connectivity index (χ1v) is 29.6. The zero-order valence-corrected chi connectivity index (χ0v) is 46.9. The number of unbranched alkanes of at least 4 members (excludes halogenated alkanes) is 11. The Hall–Kier alpha value is -4.38. The van der Waals surface area contributed by atoms with Crippen molar-refractivity contribution in [1.29, 1.82) is 0 Å². The van der Waals surface area contributed by atoms with E-state index in [1.54, 1.807) is 0 Å². The van der Waals surface area contributed by atoms with E-state index >= 15 is 0 Å². The molecular weight excluding hydrogens is 952 g/mol. The maximum Gasteiger partial charge on any atom is 0.472 e. The Labute approximate surface area is 449 Å². The summed E-state index contributed by atoms with van der Waals surface area (Å²) in [7, 11) is -4.79. The molecule has 0 rings (SSSR count). The third-order valence-electron chi connectivity index (χ3n) is 11.1. The number of carbonyl (C=O) groups excluding carboxylic acids is 3. The maximum absolute atomic E-state index is 12.9. The average molecular weight is 1050 g/mol. The molecule has 0 fully saturated rings. The summed E-state index contributed by atoms with van der Waals surface area (Å²) >= 11 is 0. The van der Waals surface area contributed by atoms with Gasteiger partial charge in [-0.1, -0.05) is 199 Å². The van der Waals surface area contributed by atoms with E-state index in [-0.39, 0.29) is 25.9 Å². The molecule has 3 unspecified atom stereocenters. The Kier molecular flexibility index (Phi) is 51.6. The summed E-state index contributed by atoms with van der Waals surface area (Å²) in [6.45, 7) is 4.21. The second kappa shape index (κ2) is 54.9. The smallest absolute Gasteiger partial charge is 0.462 e. The van der Waals surface area contributed by atoms with Crippen LogP contribution in [0.25, 0.3) is 0 Å². The molecule has 0 aromatic carbocycles. The van der Waals surface area contributed by atoms with Gasteiger partial charge in [0.2, 0.25) is 0 Å². The van der Waals surface area contributed by atoms with Crippen LogP contribution in [0.1, 0.15) is 201 Å². The minimum absolute atomic E-state index is 0.0447. The van der Waals surface area contributed by atoms with Crippen LogP contribution in [0.15, 0.2) is 134 Å². The van der Waals surface area contributed by atoms with Crippen molar-refractivity contribution >= 4 is 25.7 Å². The predicted octanol–water partition coefficient (Wildman–Crippen LogP) is 16.6. The zero-order chi connectivity index (χ0) is 54.1. The zero-order valence-electron chi connectivity index (χ0n) is 46.0. The lowest BCUT2D eigenvalue weighted by Gasteiger charge is -2.21. The van der Waals surface area contributed by atoms with Crippen molar-refractivity contribution in [3.8, 4) is 0 Å². The summed E-state index contributed by atoms with van der Waals surface area (Å²) < 4.78 is 39.3. The molecule has 0 aliphatic rings. The standard InChI is InChI=1S/C62H99O11P/c1-4-7-10-13-16-19-22-25-27-29-31-34-36-39-42-45-48-51-60(64)69-55-59(73-62(66)53-50-47-44-41-38-35-32-30-28-26-23-20-17-14-11-8-5-2)57-71-74(67,68)70-56-58(54-63)72-61(65)52-49-46-43-40-37-33-24-21-18-15-12-9-6-3/h7,9-10,12,16-21,25-28,31,33-34,37,39,42-43,46,58-59,63H,4-6,8,11,13-15,22-24,29-30,32,35-36,38,40-41,44-45,47-57H2,1-3H3,(H,67,68)/b10-7-,12-9-,19-16-,20-17-,21-18-,27-25-,28-26-,34-31-,37-33-,42-39-,46-43-. The van der Waals surface area contributed by atoms with E-state index < -0.39 is 57.8 Å². The first-order valence-electron chi connectivity index (χ1n) is 28.1.